The van der Waals surface area contributed by atoms with Crippen LogP contribution in [0.4, 0.5) is 9.93 Å². The van der Waals surface area contributed by atoms with Gasteiger partial charge in [-0.3, -0.25) is 14.4 Å². The van der Waals surface area contributed by atoms with Gasteiger partial charge >= 0.3 is 35.7 Å². The Morgan fingerprint density at radius 3 is 2.50 bits per heavy atom. The number of amides is 4. The van der Waals surface area contributed by atoms with Crippen molar-refractivity contribution in [1.82, 2.24) is 19.9 Å². The topological polar surface area (TPSA) is 243 Å². The Hall–Kier alpha value is -2.07. The van der Waals surface area contributed by atoms with Crippen LogP contribution in [0.25, 0.3) is 0 Å². The monoisotopic (exact) mass is 626 g/mol. The molecule has 206 valence electrons. The van der Waals surface area contributed by atoms with Crippen molar-refractivity contribution >= 4 is 77.7 Å². The van der Waals surface area contributed by atoms with Gasteiger partial charge in [0.15, 0.2) is 31.0 Å². The SMILES string of the molecule is CO/N=C(\C(=O)N[C@H]1C(=O)N(S(=O)(=O)[O-])[C@H]1CNC(=O)OCCS(C)(=O)=O)c1csc(NC(=O)CCl)n1.[Na+]. The van der Waals surface area contributed by atoms with E-state index in [1.54, 1.807) is 0 Å². The van der Waals surface area contributed by atoms with E-state index in [1.807, 2.05) is 0 Å². The summed E-state index contributed by atoms with van der Waals surface area (Å²) in [5.74, 6) is -3.74. The van der Waals surface area contributed by atoms with E-state index in [9.17, 15) is 40.6 Å². The number of carbonyl (C=O) groups is 4. The summed E-state index contributed by atoms with van der Waals surface area (Å²) in [6.45, 7) is -1.16. The molecule has 17 nitrogen and oxygen atoms in total. The van der Waals surface area contributed by atoms with Gasteiger partial charge in [-0.05, 0) is 0 Å². The van der Waals surface area contributed by atoms with Crippen LogP contribution in [0.5, 0.6) is 0 Å². The van der Waals surface area contributed by atoms with Gasteiger partial charge in [-0.15, -0.1) is 22.9 Å². The maximum absolute atomic E-state index is 12.8. The van der Waals surface area contributed by atoms with Gasteiger partial charge in [0.05, 0.1) is 11.8 Å². The summed E-state index contributed by atoms with van der Waals surface area (Å²) in [4.78, 5) is 57.0. The minimum absolute atomic E-state index is 0. The van der Waals surface area contributed by atoms with Crippen molar-refractivity contribution < 1.29 is 79.7 Å². The molecule has 0 saturated carbocycles. The van der Waals surface area contributed by atoms with Gasteiger partial charge in [0.2, 0.25) is 5.91 Å². The van der Waals surface area contributed by atoms with Gasteiger partial charge < -0.3 is 30.1 Å². The second-order valence-electron chi connectivity index (χ2n) is 7.10. The first-order valence-electron chi connectivity index (χ1n) is 9.79. The average Bonchev–Trinajstić information content (AvgIpc) is 3.24. The number of anilines is 1. The number of sulfone groups is 1. The predicted octanol–water partition coefficient (Wildman–Crippen LogP) is -5.40. The number of β-lactam (4-membered cyclic amide) rings is 1. The minimum Gasteiger partial charge on any atom is -0.731 e. The Morgan fingerprint density at radius 2 is 1.95 bits per heavy atom. The van der Waals surface area contributed by atoms with E-state index in [4.69, 9.17) is 11.6 Å². The number of hydrogen-bond donors (Lipinski definition) is 3. The van der Waals surface area contributed by atoms with E-state index >= 15 is 0 Å². The smallest absolute Gasteiger partial charge is 0.731 e. The fourth-order valence-electron chi connectivity index (χ4n) is 2.78. The van der Waals surface area contributed by atoms with E-state index in [0.29, 0.717) is 0 Å². The van der Waals surface area contributed by atoms with Crippen LogP contribution >= 0.6 is 22.9 Å². The number of oxime groups is 1. The van der Waals surface area contributed by atoms with Gasteiger partial charge in [-0.1, -0.05) is 5.16 Å². The Kier molecular flexibility index (Phi) is 12.8. The molecular formula is C16H20ClN6NaO11S3. The zero-order chi connectivity index (χ0) is 28.0. The van der Waals surface area contributed by atoms with Gasteiger partial charge in [0, 0.05) is 18.2 Å². The molecule has 1 aliphatic rings. The van der Waals surface area contributed by atoms with Gasteiger partial charge in [-0.25, -0.2) is 30.9 Å². The van der Waals surface area contributed by atoms with Gasteiger partial charge in [0.1, 0.15) is 31.3 Å². The average molecular weight is 627 g/mol. The molecule has 2 heterocycles. The number of alkyl carbamates (subject to hydrolysis) is 1. The van der Waals surface area contributed by atoms with Crippen LogP contribution in [0.3, 0.4) is 0 Å². The summed E-state index contributed by atoms with van der Waals surface area (Å²) in [5.41, 5.74) is -0.549. The van der Waals surface area contributed by atoms with Crippen LogP contribution in [-0.4, -0.2) is 110 Å². The van der Waals surface area contributed by atoms with Crippen molar-refractivity contribution in [2.45, 2.75) is 12.1 Å². The van der Waals surface area contributed by atoms with Gasteiger partial charge in [-0.2, -0.15) is 0 Å². The molecule has 0 aliphatic carbocycles. The largest absolute Gasteiger partial charge is 1.00 e. The molecule has 4 amide bonds. The standard InChI is InChI=1S/C16H21ClN6O11S3.Na/c1-33-22-11(8-7-35-15(19-8)20-10(24)5-17)13(25)21-12-9(23(14(12)26)37(30,31)32)6-18-16(27)34-3-4-36(2,28)29;/h7,9,12H,3-6H2,1-2H3,(H,18,27)(H,21,25)(H,19,20,24)(H,30,31,32);/q;+1/p-1/b22-11-;/t9-,12+;/m0./s1. The molecule has 0 radical (unpaired) electrons. The third-order valence-corrected chi connectivity index (χ3v) is 7.19. The molecule has 3 N–H and O–H groups in total. The Bertz CT molecular complexity index is 1300. The van der Waals surface area contributed by atoms with Crippen molar-refractivity contribution in [1.29, 1.82) is 0 Å². The molecule has 0 aromatic carbocycles. The number of carbonyl (C=O) groups excluding carboxylic acids is 4. The molecule has 1 aromatic heterocycles. The molecule has 0 bridgehead atoms. The fourth-order valence-corrected chi connectivity index (χ4v) is 4.80. The molecule has 2 atom stereocenters. The summed E-state index contributed by atoms with van der Waals surface area (Å²) in [6.07, 6.45) is -0.242. The van der Waals surface area contributed by atoms with Gasteiger partial charge in [0.25, 0.3) is 11.8 Å². The summed E-state index contributed by atoms with van der Waals surface area (Å²) < 4.78 is 61.2. The number of hydrogen-bond acceptors (Lipinski definition) is 14. The minimum atomic E-state index is -5.32. The molecule has 2 rings (SSSR count). The molecule has 1 aliphatic heterocycles. The third kappa shape index (κ3) is 9.59. The van der Waals surface area contributed by atoms with Crippen LogP contribution in [0, 0.1) is 0 Å². The molecule has 1 fully saturated rings. The summed E-state index contributed by atoms with van der Waals surface area (Å²) in [7, 11) is -7.63. The first-order chi connectivity index (χ1) is 17.2. The Morgan fingerprint density at radius 1 is 1.29 bits per heavy atom. The van der Waals surface area contributed by atoms with Crippen molar-refractivity contribution in [3.8, 4) is 0 Å². The first kappa shape index (κ1) is 34.0. The van der Waals surface area contributed by atoms with Crippen molar-refractivity contribution in [3.05, 3.63) is 11.1 Å². The third-order valence-electron chi connectivity index (χ3n) is 4.35. The molecule has 0 unspecified atom stereocenters. The molecule has 38 heavy (non-hydrogen) atoms. The second-order valence-corrected chi connectivity index (χ2v) is 11.7. The number of alkyl halides is 1. The Labute approximate surface area is 247 Å². The second kappa shape index (κ2) is 14.4. The zero-order valence-electron chi connectivity index (χ0n) is 20.0. The molecular weight excluding hydrogens is 607 g/mol. The number of thiazole rings is 1. The maximum atomic E-state index is 12.8. The predicted molar refractivity (Wildman–Crippen MR) is 126 cm³/mol. The summed E-state index contributed by atoms with van der Waals surface area (Å²) in [5, 5.41) is 11.6. The van der Waals surface area contributed by atoms with Crippen LogP contribution in [0.2, 0.25) is 0 Å². The van der Waals surface area contributed by atoms with E-state index < -0.39 is 80.7 Å². The van der Waals surface area contributed by atoms with Crippen LogP contribution in [0.1, 0.15) is 5.69 Å². The Balaban J connectivity index is 0.00000722. The molecule has 1 saturated heterocycles. The van der Waals surface area contributed by atoms with E-state index in [-0.39, 0.29) is 50.6 Å². The number of ether oxygens (including phenoxy) is 1. The van der Waals surface area contributed by atoms with E-state index in [2.05, 4.69) is 35.7 Å². The fraction of sp³-hybridized carbons (Fsp3) is 0.500. The van der Waals surface area contributed by atoms with E-state index in [1.165, 1.54) is 5.38 Å². The normalized spacial score (nSPS) is 17.5. The van der Waals surface area contributed by atoms with Crippen molar-refractivity contribution in [2.75, 3.05) is 43.5 Å². The molecule has 1 aromatic rings. The molecule has 22 heteroatoms. The van der Waals surface area contributed by atoms with Crippen LogP contribution < -0.4 is 45.5 Å². The number of nitrogens with zero attached hydrogens (tertiary/aromatic N) is 3. The zero-order valence-corrected chi connectivity index (χ0v) is 25.2. The number of nitrogens with one attached hydrogen (secondary N) is 3. The van der Waals surface area contributed by atoms with Crippen molar-refractivity contribution in [3.63, 3.8) is 0 Å². The number of aromatic nitrogens is 1. The first-order valence-corrected chi connectivity index (χ1v) is 14.6. The van der Waals surface area contributed by atoms with Crippen LogP contribution in [-0.2, 0) is 44.1 Å². The van der Waals surface area contributed by atoms with Crippen molar-refractivity contribution in [2.24, 2.45) is 5.16 Å². The summed E-state index contributed by atoms with van der Waals surface area (Å²) >= 11 is 6.32. The maximum Gasteiger partial charge on any atom is 1.00 e. The molecule has 0 spiro atoms. The number of halogens is 1. The van der Waals surface area contributed by atoms with Crippen LogP contribution in [0.15, 0.2) is 10.5 Å². The quantitative estimate of drug-likeness (QED) is 0.0491. The number of rotatable bonds is 12. The van der Waals surface area contributed by atoms with E-state index in [0.717, 1.165) is 24.7 Å². The summed E-state index contributed by atoms with van der Waals surface area (Å²) in [6, 6.07) is -3.14.